The van der Waals surface area contributed by atoms with Crippen molar-refractivity contribution in [1.82, 2.24) is 0 Å². The lowest BCUT2D eigenvalue weighted by atomic mass is 10.0. The molecule has 27 heavy (non-hydrogen) atoms. The number of halogens is 1. The molecule has 0 atom stereocenters. The van der Waals surface area contributed by atoms with E-state index in [9.17, 15) is 4.39 Å². The summed E-state index contributed by atoms with van der Waals surface area (Å²) < 4.78 is 14.3. The third-order valence-electron chi connectivity index (χ3n) is 4.60. The van der Waals surface area contributed by atoms with Gasteiger partial charge in [-0.05, 0) is 59.7 Å². The fourth-order valence-corrected chi connectivity index (χ4v) is 2.93. The molecule has 0 saturated heterocycles. The number of rotatable bonds is 7. The molecule has 1 nitrogen and oxygen atoms in total. The minimum Gasteiger partial charge on any atom is -0.256 e. The third kappa shape index (κ3) is 5.01. The second kappa shape index (κ2) is 9.09. The van der Waals surface area contributed by atoms with Crippen LogP contribution in [0.4, 0.5) is 10.1 Å². The Balaban J connectivity index is 1.70. The summed E-state index contributed by atoms with van der Waals surface area (Å²) in [6.07, 6.45) is 6.62. The molecule has 0 aliphatic rings. The van der Waals surface area contributed by atoms with E-state index in [1.165, 1.54) is 5.56 Å². The highest BCUT2D eigenvalue weighted by Crippen LogP contribution is 2.26. The molecule has 0 fully saturated rings. The SMILES string of the molecule is C=CCCc1ccc(C=Nc2ccc(-c3ccc(CC)cc3F)cc2)cc1. The average molecular weight is 357 g/mol. The first-order chi connectivity index (χ1) is 13.2. The highest BCUT2D eigenvalue weighted by Gasteiger charge is 2.05. The molecule has 0 bridgehead atoms. The fourth-order valence-electron chi connectivity index (χ4n) is 2.93. The standard InChI is InChI=1S/C25H24FN/c1-3-5-6-20-7-9-21(10-8-20)18-27-23-14-12-22(13-15-23)24-16-11-19(4-2)17-25(24)26/h3,7-18H,1,4-6H2,2H3. The normalized spacial score (nSPS) is 11.0. The van der Waals surface area contributed by atoms with E-state index in [0.717, 1.165) is 41.6 Å². The molecular weight excluding hydrogens is 333 g/mol. The number of benzene rings is 3. The molecule has 136 valence electrons. The van der Waals surface area contributed by atoms with E-state index < -0.39 is 0 Å². The molecule has 0 radical (unpaired) electrons. The van der Waals surface area contributed by atoms with Crippen LogP contribution in [-0.2, 0) is 12.8 Å². The lowest BCUT2D eigenvalue weighted by Crippen LogP contribution is -1.88. The van der Waals surface area contributed by atoms with Gasteiger partial charge in [-0.15, -0.1) is 6.58 Å². The van der Waals surface area contributed by atoms with E-state index in [2.05, 4.69) is 35.8 Å². The zero-order valence-electron chi connectivity index (χ0n) is 15.7. The summed E-state index contributed by atoms with van der Waals surface area (Å²) in [7, 11) is 0. The van der Waals surface area contributed by atoms with Crippen molar-refractivity contribution >= 4 is 11.9 Å². The Kier molecular flexibility index (Phi) is 6.32. The van der Waals surface area contributed by atoms with Crippen molar-refractivity contribution in [3.8, 4) is 11.1 Å². The summed E-state index contributed by atoms with van der Waals surface area (Å²) in [6.45, 7) is 5.78. The topological polar surface area (TPSA) is 12.4 Å². The molecule has 3 rings (SSSR count). The van der Waals surface area contributed by atoms with Crippen LogP contribution in [0.1, 0.15) is 30.0 Å². The van der Waals surface area contributed by atoms with Gasteiger partial charge in [-0.2, -0.15) is 0 Å². The van der Waals surface area contributed by atoms with Crippen molar-refractivity contribution in [2.45, 2.75) is 26.2 Å². The Morgan fingerprint density at radius 2 is 1.63 bits per heavy atom. The zero-order valence-corrected chi connectivity index (χ0v) is 15.7. The largest absolute Gasteiger partial charge is 0.256 e. The summed E-state index contributed by atoms with van der Waals surface area (Å²) in [5.74, 6) is -0.179. The van der Waals surface area contributed by atoms with Crippen molar-refractivity contribution < 1.29 is 4.39 Å². The van der Waals surface area contributed by atoms with Crippen LogP contribution in [0.3, 0.4) is 0 Å². The molecule has 3 aromatic carbocycles. The maximum atomic E-state index is 14.3. The molecule has 0 aliphatic carbocycles. The lowest BCUT2D eigenvalue weighted by Gasteiger charge is -2.06. The average Bonchev–Trinajstić information content (AvgIpc) is 2.72. The molecule has 0 heterocycles. The van der Waals surface area contributed by atoms with Crippen molar-refractivity contribution in [3.63, 3.8) is 0 Å². The van der Waals surface area contributed by atoms with Gasteiger partial charge in [0.15, 0.2) is 0 Å². The number of aliphatic imine (C=N–C) groups is 1. The van der Waals surface area contributed by atoms with Crippen LogP contribution in [-0.4, -0.2) is 6.21 Å². The van der Waals surface area contributed by atoms with Crippen LogP contribution in [0.2, 0.25) is 0 Å². The van der Waals surface area contributed by atoms with Gasteiger partial charge in [-0.25, -0.2) is 4.39 Å². The Bertz CT molecular complexity index is 922. The molecule has 3 aromatic rings. The highest BCUT2D eigenvalue weighted by atomic mass is 19.1. The number of hydrogen-bond donors (Lipinski definition) is 0. The van der Waals surface area contributed by atoms with Gasteiger partial charge in [0.2, 0.25) is 0 Å². The van der Waals surface area contributed by atoms with Crippen molar-refractivity contribution in [1.29, 1.82) is 0 Å². The van der Waals surface area contributed by atoms with E-state index in [0.29, 0.717) is 5.56 Å². The second-order valence-corrected chi connectivity index (χ2v) is 6.54. The maximum Gasteiger partial charge on any atom is 0.131 e. The number of nitrogens with zero attached hydrogens (tertiary/aromatic N) is 1. The van der Waals surface area contributed by atoms with Gasteiger partial charge in [0, 0.05) is 11.8 Å². The van der Waals surface area contributed by atoms with Crippen LogP contribution in [0.15, 0.2) is 84.4 Å². The molecule has 0 unspecified atom stereocenters. The number of allylic oxidation sites excluding steroid dienone is 1. The van der Waals surface area contributed by atoms with Gasteiger partial charge < -0.3 is 0 Å². The van der Waals surface area contributed by atoms with Crippen LogP contribution in [0.25, 0.3) is 11.1 Å². The van der Waals surface area contributed by atoms with E-state index in [1.807, 2.05) is 55.6 Å². The first kappa shape index (κ1) is 18.8. The predicted octanol–water partition coefficient (Wildman–Crippen LogP) is 6.92. The molecule has 2 heteroatoms. The highest BCUT2D eigenvalue weighted by molar-refractivity contribution is 5.82. The summed E-state index contributed by atoms with van der Waals surface area (Å²) in [5.41, 5.74) is 5.70. The van der Waals surface area contributed by atoms with E-state index >= 15 is 0 Å². The Labute approximate surface area is 160 Å². The Hall–Kier alpha value is -3.00. The van der Waals surface area contributed by atoms with Gasteiger partial charge in [-0.1, -0.05) is 61.5 Å². The lowest BCUT2D eigenvalue weighted by molar-refractivity contribution is 0.629. The Morgan fingerprint density at radius 3 is 2.26 bits per heavy atom. The quantitative estimate of drug-likeness (QED) is 0.321. The molecule has 0 aromatic heterocycles. The first-order valence-corrected chi connectivity index (χ1v) is 9.32. The monoisotopic (exact) mass is 357 g/mol. The molecule has 0 saturated carbocycles. The first-order valence-electron chi connectivity index (χ1n) is 9.32. The van der Waals surface area contributed by atoms with E-state index in [-0.39, 0.29) is 5.82 Å². The van der Waals surface area contributed by atoms with Gasteiger partial charge >= 0.3 is 0 Å². The summed E-state index contributed by atoms with van der Waals surface area (Å²) in [5, 5.41) is 0. The number of hydrogen-bond acceptors (Lipinski definition) is 1. The predicted molar refractivity (Wildman–Crippen MR) is 113 cm³/mol. The van der Waals surface area contributed by atoms with Crippen LogP contribution in [0, 0.1) is 5.82 Å². The van der Waals surface area contributed by atoms with E-state index in [4.69, 9.17) is 0 Å². The number of aryl methyl sites for hydroxylation is 2. The molecule has 0 N–H and O–H groups in total. The van der Waals surface area contributed by atoms with Crippen molar-refractivity contribution in [3.05, 3.63) is 102 Å². The third-order valence-corrected chi connectivity index (χ3v) is 4.60. The van der Waals surface area contributed by atoms with Crippen molar-refractivity contribution in [2.24, 2.45) is 4.99 Å². The molecular formula is C25H24FN. The summed E-state index contributed by atoms with van der Waals surface area (Å²) in [6, 6.07) is 21.5. The smallest absolute Gasteiger partial charge is 0.131 e. The van der Waals surface area contributed by atoms with Gasteiger partial charge in [0.1, 0.15) is 5.82 Å². The van der Waals surface area contributed by atoms with Gasteiger partial charge in [0.25, 0.3) is 0 Å². The van der Waals surface area contributed by atoms with Crippen LogP contribution in [0.5, 0.6) is 0 Å². The van der Waals surface area contributed by atoms with Crippen LogP contribution < -0.4 is 0 Å². The molecule has 0 aliphatic heterocycles. The van der Waals surface area contributed by atoms with E-state index in [1.54, 1.807) is 6.07 Å². The van der Waals surface area contributed by atoms with Crippen molar-refractivity contribution in [2.75, 3.05) is 0 Å². The van der Waals surface area contributed by atoms with Gasteiger partial charge in [-0.3, -0.25) is 4.99 Å². The fraction of sp³-hybridized carbons (Fsp3) is 0.160. The minimum atomic E-state index is -0.179. The molecule has 0 amide bonds. The van der Waals surface area contributed by atoms with Gasteiger partial charge in [0.05, 0.1) is 5.69 Å². The summed E-state index contributed by atoms with van der Waals surface area (Å²) >= 11 is 0. The van der Waals surface area contributed by atoms with Crippen LogP contribution >= 0.6 is 0 Å². The Morgan fingerprint density at radius 1 is 0.926 bits per heavy atom. The second-order valence-electron chi connectivity index (χ2n) is 6.54. The summed E-state index contributed by atoms with van der Waals surface area (Å²) in [4.78, 5) is 4.52. The minimum absolute atomic E-state index is 0.179. The molecule has 0 spiro atoms. The zero-order chi connectivity index (χ0) is 19.1. The maximum absolute atomic E-state index is 14.3.